The van der Waals surface area contributed by atoms with E-state index in [0.717, 1.165) is 21.3 Å². The Kier molecular flexibility index (Phi) is 4.09. The highest BCUT2D eigenvalue weighted by molar-refractivity contribution is 8.17. The number of amidine groups is 1. The minimum Gasteiger partial charge on any atom is -0.756 e. The van der Waals surface area contributed by atoms with Gasteiger partial charge in [-0.2, -0.15) is 0 Å². The number of rotatable bonds is 4. The summed E-state index contributed by atoms with van der Waals surface area (Å²) < 4.78 is 15.0. The molecule has 0 amide bonds. The summed E-state index contributed by atoms with van der Waals surface area (Å²) in [5, 5.41) is 0.812. The van der Waals surface area contributed by atoms with Crippen molar-refractivity contribution in [2.75, 3.05) is 6.61 Å². The number of hydrogen-bond acceptors (Lipinski definition) is 8. The van der Waals surface area contributed by atoms with Gasteiger partial charge in [-0.3, -0.25) is 4.57 Å². The van der Waals surface area contributed by atoms with Crippen molar-refractivity contribution in [1.82, 2.24) is 14.9 Å². The SMILES string of the molecule is CC1=C(CCOP(=O)([O-])O)SC2=Nc3nc(C)ncc3CN21. The molecule has 3 rings (SSSR count). The zero-order valence-electron chi connectivity index (χ0n) is 12.0. The summed E-state index contributed by atoms with van der Waals surface area (Å²) >= 11 is 1.46. The molecule has 118 valence electrons. The topological polar surface area (TPSA) is 111 Å². The quantitative estimate of drug-likeness (QED) is 0.819. The molecule has 0 aliphatic carbocycles. The van der Waals surface area contributed by atoms with Crippen molar-refractivity contribution < 1.29 is 18.9 Å². The van der Waals surface area contributed by atoms with Gasteiger partial charge in [-0.05, 0) is 13.8 Å². The van der Waals surface area contributed by atoms with E-state index in [-0.39, 0.29) is 6.61 Å². The molecule has 1 unspecified atom stereocenters. The van der Waals surface area contributed by atoms with Gasteiger partial charge in [0.1, 0.15) is 5.82 Å². The lowest BCUT2D eigenvalue weighted by atomic mass is 10.2. The maximum absolute atomic E-state index is 10.6. The second-order valence-electron chi connectivity index (χ2n) is 4.91. The van der Waals surface area contributed by atoms with E-state index in [2.05, 4.69) is 19.5 Å². The molecule has 0 fully saturated rings. The summed E-state index contributed by atoms with van der Waals surface area (Å²) in [4.78, 5) is 35.3. The summed E-state index contributed by atoms with van der Waals surface area (Å²) in [7, 11) is -4.67. The number of aliphatic imine (C=N–C) groups is 1. The van der Waals surface area contributed by atoms with Crippen LogP contribution in [0.2, 0.25) is 0 Å². The van der Waals surface area contributed by atoms with E-state index in [9.17, 15) is 9.46 Å². The van der Waals surface area contributed by atoms with Crippen LogP contribution in [0.25, 0.3) is 0 Å². The van der Waals surface area contributed by atoms with Crippen LogP contribution in [0.5, 0.6) is 0 Å². The van der Waals surface area contributed by atoms with Gasteiger partial charge in [0, 0.05) is 28.8 Å². The number of phosphoric ester groups is 1. The first kappa shape index (κ1) is 15.6. The Labute approximate surface area is 131 Å². The third-order valence-electron chi connectivity index (χ3n) is 3.33. The monoisotopic (exact) mass is 341 g/mol. The standard InChI is InChI=1S/C12H15N4O4PS/c1-7-10(3-4-20-21(17,18)19)22-12-15-11-9(6-16(7)12)5-13-8(2)14-11/h5H,3-4,6H2,1-2H3,(H2,17,18,19)/p-1. The zero-order chi connectivity index (χ0) is 15.9. The van der Waals surface area contributed by atoms with Crippen LogP contribution in [-0.4, -0.2) is 31.5 Å². The van der Waals surface area contributed by atoms with Gasteiger partial charge >= 0.3 is 0 Å². The van der Waals surface area contributed by atoms with Gasteiger partial charge < -0.3 is 19.2 Å². The van der Waals surface area contributed by atoms with Crippen molar-refractivity contribution in [3.8, 4) is 0 Å². The molecule has 1 aromatic heterocycles. The minimum atomic E-state index is -4.67. The number of hydrogen-bond donors (Lipinski definition) is 1. The highest BCUT2D eigenvalue weighted by Crippen LogP contribution is 2.42. The fourth-order valence-corrected chi connectivity index (χ4v) is 3.67. The highest BCUT2D eigenvalue weighted by Gasteiger charge is 2.31. The second kappa shape index (κ2) is 5.75. The molecule has 10 heteroatoms. The smallest absolute Gasteiger partial charge is 0.265 e. The van der Waals surface area contributed by atoms with Crippen LogP contribution >= 0.6 is 19.6 Å². The molecule has 0 saturated heterocycles. The number of thioether (sulfide) groups is 1. The molecule has 0 saturated carbocycles. The van der Waals surface area contributed by atoms with Gasteiger partial charge in [0.2, 0.25) is 0 Å². The molecule has 2 aliphatic rings. The molecule has 0 spiro atoms. The Bertz CT molecular complexity index is 730. The van der Waals surface area contributed by atoms with Gasteiger partial charge in [-0.15, -0.1) is 0 Å². The van der Waals surface area contributed by atoms with E-state index >= 15 is 0 Å². The molecule has 22 heavy (non-hydrogen) atoms. The molecule has 1 aromatic rings. The van der Waals surface area contributed by atoms with Crippen molar-refractivity contribution in [3.05, 3.63) is 28.2 Å². The van der Waals surface area contributed by atoms with Crippen LogP contribution in [0.3, 0.4) is 0 Å². The van der Waals surface area contributed by atoms with E-state index in [1.165, 1.54) is 11.8 Å². The van der Waals surface area contributed by atoms with Crippen molar-refractivity contribution >= 4 is 30.6 Å². The van der Waals surface area contributed by atoms with Gasteiger partial charge in [0.15, 0.2) is 11.0 Å². The Morgan fingerprint density at radius 2 is 2.32 bits per heavy atom. The van der Waals surface area contributed by atoms with Crippen LogP contribution in [0.4, 0.5) is 5.82 Å². The fourth-order valence-electron chi connectivity index (χ4n) is 2.24. The van der Waals surface area contributed by atoms with E-state index in [1.807, 2.05) is 18.7 Å². The summed E-state index contributed by atoms with van der Waals surface area (Å²) in [5.41, 5.74) is 1.95. The Balaban J connectivity index is 1.75. The van der Waals surface area contributed by atoms with E-state index in [0.29, 0.717) is 24.6 Å². The number of fused-ring (bicyclic) bond motifs is 2. The maximum atomic E-state index is 10.6. The first-order chi connectivity index (χ1) is 10.3. The lowest BCUT2D eigenvalue weighted by Crippen LogP contribution is -2.25. The average Bonchev–Trinajstić information content (AvgIpc) is 2.71. The van der Waals surface area contributed by atoms with Crippen molar-refractivity contribution in [2.24, 2.45) is 4.99 Å². The third-order valence-corrected chi connectivity index (χ3v) is 5.08. The number of nitrogens with zero attached hydrogens (tertiary/aromatic N) is 4. The molecule has 3 heterocycles. The predicted molar refractivity (Wildman–Crippen MR) is 80.1 cm³/mol. The first-order valence-corrected chi connectivity index (χ1v) is 8.89. The van der Waals surface area contributed by atoms with Gasteiger partial charge in [0.25, 0.3) is 7.82 Å². The van der Waals surface area contributed by atoms with Crippen molar-refractivity contribution in [2.45, 2.75) is 26.8 Å². The normalized spacial score (nSPS) is 19.6. The van der Waals surface area contributed by atoms with Crippen molar-refractivity contribution in [1.29, 1.82) is 0 Å². The zero-order valence-corrected chi connectivity index (χ0v) is 13.7. The van der Waals surface area contributed by atoms with E-state index < -0.39 is 7.82 Å². The molecule has 0 bridgehead atoms. The Morgan fingerprint density at radius 3 is 3.05 bits per heavy atom. The summed E-state index contributed by atoms with van der Waals surface area (Å²) in [6.45, 7) is 4.30. The van der Waals surface area contributed by atoms with Crippen LogP contribution in [0, 0.1) is 6.92 Å². The molecule has 2 aliphatic heterocycles. The van der Waals surface area contributed by atoms with E-state index in [4.69, 9.17) is 4.89 Å². The van der Waals surface area contributed by atoms with Gasteiger partial charge in [-0.25, -0.2) is 15.0 Å². The Hall–Kier alpha value is -1.25. The molecule has 0 aromatic carbocycles. The minimum absolute atomic E-state index is 0.0933. The maximum Gasteiger partial charge on any atom is 0.265 e. The largest absolute Gasteiger partial charge is 0.756 e. The summed E-state index contributed by atoms with van der Waals surface area (Å²) in [5.74, 6) is 1.35. The Morgan fingerprint density at radius 1 is 1.55 bits per heavy atom. The highest BCUT2D eigenvalue weighted by atomic mass is 32.2. The average molecular weight is 341 g/mol. The second-order valence-corrected chi connectivity index (χ2v) is 7.17. The molecule has 0 radical (unpaired) electrons. The number of aryl methyl sites for hydroxylation is 1. The number of aromatic nitrogens is 2. The molecular weight excluding hydrogens is 327 g/mol. The lowest BCUT2D eigenvalue weighted by Gasteiger charge is -2.24. The van der Waals surface area contributed by atoms with Gasteiger partial charge in [-0.1, -0.05) is 11.8 Å². The molecule has 1 atom stereocenters. The molecular formula is C12H14N4O4PS-. The molecule has 1 N–H and O–H groups in total. The predicted octanol–water partition coefficient (Wildman–Crippen LogP) is 1.43. The first-order valence-electron chi connectivity index (χ1n) is 6.58. The van der Waals surface area contributed by atoms with Crippen molar-refractivity contribution in [3.63, 3.8) is 0 Å². The van der Waals surface area contributed by atoms with Crippen LogP contribution in [0.1, 0.15) is 24.7 Å². The van der Waals surface area contributed by atoms with Gasteiger partial charge in [0.05, 0.1) is 13.2 Å². The fraction of sp³-hybridized carbons (Fsp3) is 0.417. The van der Waals surface area contributed by atoms with E-state index in [1.54, 1.807) is 6.20 Å². The van der Waals surface area contributed by atoms with Crippen LogP contribution < -0.4 is 4.89 Å². The molecule has 8 nitrogen and oxygen atoms in total. The number of phosphoric acid groups is 1. The summed E-state index contributed by atoms with van der Waals surface area (Å²) in [6, 6.07) is 0. The van der Waals surface area contributed by atoms with Crippen LogP contribution in [-0.2, 0) is 15.6 Å². The lowest BCUT2D eigenvalue weighted by molar-refractivity contribution is -0.219. The number of allylic oxidation sites excluding steroid dienone is 1. The van der Waals surface area contributed by atoms with Crippen LogP contribution in [0.15, 0.2) is 21.8 Å². The third kappa shape index (κ3) is 3.23. The summed E-state index contributed by atoms with van der Waals surface area (Å²) in [6.07, 6.45) is 2.16.